The summed E-state index contributed by atoms with van der Waals surface area (Å²) in [4.78, 5) is 4.11. The van der Waals surface area contributed by atoms with Crippen LogP contribution in [0.3, 0.4) is 0 Å². The SMILES string of the molecule is [2H]c1c([2H])c(C(C)(C)C)c([2H])c([2H])c1N1c2cc(C)cc3c2B(c2cccc4c2N3c2ccccc2[Si]42c3ccccc3-c3ccccc32)c2c([2H])c(C(C)(C)C)c([2H])c([2H])c21. The van der Waals surface area contributed by atoms with Crippen LogP contribution in [-0.4, -0.2) is 14.8 Å². The van der Waals surface area contributed by atoms with E-state index in [1.807, 2.05) is 54.5 Å². The third-order valence-electron chi connectivity index (χ3n) is 12.2. The molecular weight excluding hydrogens is 679 g/mol. The minimum Gasteiger partial charge on any atom is -0.312 e. The van der Waals surface area contributed by atoms with Gasteiger partial charge in [-0.3, -0.25) is 0 Å². The molecule has 0 aliphatic carbocycles. The summed E-state index contributed by atoms with van der Waals surface area (Å²) in [5.74, 6) is 0. The zero-order valence-electron chi connectivity index (χ0n) is 39.3. The van der Waals surface area contributed by atoms with E-state index in [1.165, 1.54) is 31.9 Å². The second kappa shape index (κ2) is 11.0. The van der Waals surface area contributed by atoms with Gasteiger partial charge >= 0.3 is 0 Å². The third-order valence-corrected chi connectivity index (χ3v) is 17.2. The number of hydrogen-bond acceptors (Lipinski definition) is 2. The highest BCUT2D eigenvalue weighted by Crippen LogP contribution is 2.47. The first-order valence-electron chi connectivity index (χ1n) is 22.8. The minimum absolute atomic E-state index is 0.0143. The lowest BCUT2D eigenvalue weighted by atomic mass is 9.33. The molecule has 0 amide bonds. The predicted molar refractivity (Wildman–Crippen MR) is 239 cm³/mol. The molecule has 0 saturated heterocycles. The molecule has 0 unspecified atom stereocenters. The Kier molecular flexibility index (Phi) is 5.26. The van der Waals surface area contributed by atoms with Gasteiger partial charge in [-0.05, 0) is 119 Å². The molecule has 1 spiro atoms. The first-order valence-corrected chi connectivity index (χ1v) is 21.3. The van der Waals surface area contributed by atoms with Crippen molar-refractivity contribution in [2.24, 2.45) is 0 Å². The summed E-state index contributed by atoms with van der Waals surface area (Å²) >= 11 is 0. The lowest BCUT2D eigenvalue weighted by molar-refractivity contribution is 0.590. The molecule has 0 saturated carbocycles. The number of nitrogens with zero attached hydrogens (tertiary/aromatic N) is 2. The Morgan fingerprint density at radius 3 is 1.75 bits per heavy atom. The fourth-order valence-corrected chi connectivity index (χ4v) is 15.4. The molecule has 0 fully saturated rings. The van der Waals surface area contributed by atoms with Crippen LogP contribution in [0.25, 0.3) is 11.1 Å². The zero-order chi connectivity index (χ0) is 43.7. The molecule has 4 heterocycles. The highest BCUT2D eigenvalue weighted by molar-refractivity contribution is 7.24. The van der Waals surface area contributed by atoms with Crippen molar-refractivity contribution < 1.29 is 9.60 Å². The van der Waals surface area contributed by atoms with E-state index in [-0.39, 0.29) is 53.7 Å². The van der Waals surface area contributed by atoms with Crippen LogP contribution in [0.15, 0.2) is 145 Å². The van der Waals surface area contributed by atoms with Gasteiger partial charge in [0.15, 0.2) is 8.07 Å². The molecule has 4 aliphatic rings. The standard InChI is InChI=1S/C51H45BN2Si/c1-32-29-42-48-43(30-32)54-41-18-10-13-21-46(41)55(44-19-11-8-15-36(44)37-16-9-12-20-45(37)55)47-22-14-17-38(49(47)54)52(48)39-31-34(51(5,6)7)25-28-40(39)53(42)35-26-23-33(24-27-35)50(2,3)4/h8-31H,1-7H3/i23D,24D,25D,26D,27D,28D,31D. The Labute approximate surface area is 337 Å². The number of rotatable bonds is 1. The number of para-hydroxylation sites is 2. The second-order valence-electron chi connectivity index (χ2n) is 17.7. The van der Waals surface area contributed by atoms with Crippen LogP contribution in [0.2, 0.25) is 0 Å². The van der Waals surface area contributed by atoms with Gasteiger partial charge in [-0.15, -0.1) is 0 Å². The van der Waals surface area contributed by atoms with Crippen molar-refractivity contribution in [3.8, 4) is 11.1 Å². The monoisotopic (exact) mass is 731 g/mol. The normalized spacial score (nSPS) is 17.0. The predicted octanol–water partition coefficient (Wildman–Crippen LogP) is 8.34. The molecule has 0 atom stereocenters. The Balaban J connectivity index is 1.33. The highest BCUT2D eigenvalue weighted by atomic mass is 28.3. The molecule has 11 rings (SSSR count). The second-order valence-corrected chi connectivity index (χ2v) is 21.3. The summed E-state index contributed by atoms with van der Waals surface area (Å²) in [5.41, 5.74) is 9.24. The maximum Gasteiger partial charge on any atom is 0.252 e. The van der Waals surface area contributed by atoms with Crippen molar-refractivity contribution in [2.75, 3.05) is 9.80 Å². The van der Waals surface area contributed by atoms with Crippen molar-refractivity contribution in [2.45, 2.75) is 59.3 Å². The first kappa shape index (κ1) is 26.3. The quantitative estimate of drug-likeness (QED) is 0.157. The fraction of sp³-hybridized carbons (Fsp3) is 0.176. The van der Waals surface area contributed by atoms with Crippen LogP contribution < -0.4 is 46.9 Å². The largest absolute Gasteiger partial charge is 0.312 e. The summed E-state index contributed by atoms with van der Waals surface area (Å²) in [7, 11) is -2.97. The van der Waals surface area contributed by atoms with Crippen LogP contribution >= 0.6 is 0 Å². The van der Waals surface area contributed by atoms with E-state index < -0.39 is 25.6 Å². The molecular formula is C51H45BN2Si. The van der Waals surface area contributed by atoms with Crippen LogP contribution in [0.5, 0.6) is 0 Å². The Hall–Kier alpha value is -5.58. The number of aryl methyl sites for hydroxylation is 1. The van der Waals surface area contributed by atoms with Gasteiger partial charge < -0.3 is 9.80 Å². The van der Waals surface area contributed by atoms with Gasteiger partial charge in [0.25, 0.3) is 6.71 Å². The minimum atomic E-state index is -2.97. The number of benzene rings is 7. The average molecular weight is 732 g/mol. The molecule has 4 heteroatoms. The van der Waals surface area contributed by atoms with E-state index in [0.717, 1.165) is 33.6 Å². The summed E-state index contributed by atoms with van der Waals surface area (Å²) in [5, 5.41) is 5.23. The van der Waals surface area contributed by atoms with Gasteiger partial charge in [-0.25, -0.2) is 0 Å². The van der Waals surface area contributed by atoms with Crippen LogP contribution in [0.1, 0.15) is 67.8 Å². The molecule has 7 aromatic carbocycles. The highest BCUT2D eigenvalue weighted by Gasteiger charge is 2.56. The van der Waals surface area contributed by atoms with Gasteiger partial charge in [0.2, 0.25) is 0 Å². The third kappa shape index (κ3) is 4.26. The Morgan fingerprint density at radius 2 is 1.09 bits per heavy atom. The van der Waals surface area contributed by atoms with Gasteiger partial charge in [0.1, 0.15) is 0 Å². The summed E-state index contributed by atoms with van der Waals surface area (Å²) in [6.07, 6.45) is 0. The number of hydrogen-bond donors (Lipinski definition) is 0. The van der Waals surface area contributed by atoms with Crippen LogP contribution in [0, 0.1) is 6.92 Å². The fourth-order valence-electron chi connectivity index (χ4n) is 9.86. The molecule has 0 aromatic heterocycles. The molecule has 4 aliphatic heterocycles. The molecule has 55 heavy (non-hydrogen) atoms. The summed E-state index contributed by atoms with van der Waals surface area (Å²) in [6, 6.07) is 36.7. The van der Waals surface area contributed by atoms with Crippen molar-refractivity contribution in [1.82, 2.24) is 0 Å². The molecule has 266 valence electrons. The van der Waals surface area contributed by atoms with E-state index in [1.54, 1.807) is 4.90 Å². The summed E-state index contributed by atoms with van der Waals surface area (Å²) < 4.78 is 67.8. The van der Waals surface area contributed by atoms with Gasteiger partial charge in [0.05, 0.1) is 9.60 Å². The van der Waals surface area contributed by atoms with Gasteiger partial charge in [0, 0.05) is 34.1 Å². The topological polar surface area (TPSA) is 6.48 Å². The van der Waals surface area contributed by atoms with E-state index in [2.05, 4.69) is 102 Å². The van der Waals surface area contributed by atoms with E-state index in [4.69, 9.17) is 0 Å². The molecule has 0 N–H and O–H groups in total. The van der Waals surface area contributed by atoms with Crippen molar-refractivity contribution in [1.29, 1.82) is 0 Å². The Morgan fingerprint density at radius 1 is 0.527 bits per heavy atom. The number of anilines is 6. The van der Waals surface area contributed by atoms with E-state index in [9.17, 15) is 9.60 Å². The average Bonchev–Trinajstić information content (AvgIpc) is 3.51. The lowest BCUT2D eigenvalue weighted by Gasteiger charge is -2.50. The lowest BCUT2D eigenvalue weighted by Crippen LogP contribution is -2.77. The van der Waals surface area contributed by atoms with Gasteiger partial charge in [-0.1, -0.05) is 151 Å². The Bertz CT molecular complexity index is 3110. The van der Waals surface area contributed by atoms with Crippen molar-refractivity contribution in [3.05, 3.63) is 162 Å². The van der Waals surface area contributed by atoms with Crippen LogP contribution in [0.4, 0.5) is 34.1 Å². The van der Waals surface area contributed by atoms with Crippen LogP contribution in [-0.2, 0) is 10.8 Å². The maximum atomic E-state index is 10.3. The number of fused-ring (bicyclic) bond motifs is 13. The summed E-state index contributed by atoms with van der Waals surface area (Å²) in [6.45, 7) is 13.1. The zero-order valence-corrected chi connectivity index (χ0v) is 33.3. The van der Waals surface area contributed by atoms with E-state index >= 15 is 0 Å². The maximum absolute atomic E-state index is 10.3. The molecule has 7 aromatic rings. The van der Waals surface area contributed by atoms with Crippen molar-refractivity contribution >= 4 is 86.0 Å². The molecule has 0 bridgehead atoms. The molecule has 0 radical (unpaired) electrons. The first-order chi connectivity index (χ1) is 29.4. The molecule has 2 nitrogen and oxygen atoms in total. The van der Waals surface area contributed by atoms with Crippen molar-refractivity contribution in [3.63, 3.8) is 0 Å². The van der Waals surface area contributed by atoms with E-state index in [0.29, 0.717) is 22.3 Å². The smallest absolute Gasteiger partial charge is 0.252 e. The van der Waals surface area contributed by atoms with Gasteiger partial charge in [-0.2, -0.15) is 0 Å².